The average molecular weight is 451 g/mol. The van der Waals surface area contributed by atoms with Gasteiger partial charge < -0.3 is 25.4 Å². The molecule has 4 rings (SSSR count). The second-order valence-electron chi connectivity index (χ2n) is 8.24. The van der Waals surface area contributed by atoms with Gasteiger partial charge in [0, 0.05) is 50.2 Å². The first kappa shape index (κ1) is 22.4. The van der Waals surface area contributed by atoms with Crippen molar-refractivity contribution in [1.29, 1.82) is 0 Å². The summed E-state index contributed by atoms with van der Waals surface area (Å²) in [5.41, 5.74) is 2.70. The second-order valence-corrected chi connectivity index (χ2v) is 8.63. The van der Waals surface area contributed by atoms with Crippen molar-refractivity contribution in [2.45, 2.75) is 13.0 Å². The minimum absolute atomic E-state index is 0.0232. The Hall–Kier alpha value is -2.81. The van der Waals surface area contributed by atoms with Crippen molar-refractivity contribution in [3.63, 3.8) is 0 Å². The Morgan fingerprint density at radius 3 is 2.62 bits per heavy atom. The molecule has 1 amide bonds. The second kappa shape index (κ2) is 10.7. The molecule has 0 atom stereocenters. The lowest BCUT2D eigenvalue weighted by Gasteiger charge is -2.32. The van der Waals surface area contributed by atoms with Gasteiger partial charge in [-0.15, -0.1) is 0 Å². The zero-order valence-electron chi connectivity index (χ0n) is 18.4. The largest absolute Gasteiger partial charge is 0.365 e. The Morgan fingerprint density at radius 2 is 1.84 bits per heavy atom. The van der Waals surface area contributed by atoms with E-state index in [0.29, 0.717) is 23.4 Å². The molecule has 1 aromatic heterocycles. The van der Waals surface area contributed by atoms with Crippen LogP contribution in [0.15, 0.2) is 48.5 Å². The summed E-state index contributed by atoms with van der Waals surface area (Å²) in [6.45, 7) is 6.80. The highest BCUT2D eigenvalue weighted by Gasteiger charge is 2.13. The fourth-order valence-electron chi connectivity index (χ4n) is 3.88. The molecule has 0 unspecified atom stereocenters. The van der Waals surface area contributed by atoms with Crippen molar-refractivity contribution < 1.29 is 4.79 Å². The lowest BCUT2D eigenvalue weighted by molar-refractivity contribution is 0.0949. The predicted molar refractivity (Wildman–Crippen MR) is 132 cm³/mol. The molecule has 1 saturated heterocycles. The number of aromatic nitrogens is 2. The summed E-state index contributed by atoms with van der Waals surface area (Å²) in [6.07, 6.45) is 0.970. The number of H-pyrrole nitrogens is 1. The van der Waals surface area contributed by atoms with Crippen molar-refractivity contribution in [1.82, 2.24) is 25.1 Å². The van der Waals surface area contributed by atoms with E-state index in [1.165, 1.54) is 0 Å². The molecule has 0 aliphatic carbocycles. The van der Waals surface area contributed by atoms with Crippen molar-refractivity contribution in [2.24, 2.45) is 0 Å². The van der Waals surface area contributed by atoms with Crippen LogP contribution in [0.4, 0.5) is 5.82 Å². The summed E-state index contributed by atoms with van der Waals surface area (Å²) in [4.78, 5) is 24.8. The van der Waals surface area contributed by atoms with E-state index in [2.05, 4.69) is 37.4 Å². The van der Waals surface area contributed by atoms with Crippen LogP contribution in [0, 0.1) is 4.77 Å². The van der Waals surface area contributed by atoms with Crippen LogP contribution in [-0.2, 0) is 6.54 Å². The number of aromatic amines is 1. The number of nitrogens with zero attached hydrogens (tertiary/aromatic N) is 3. The third-order valence-corrected chi connectivity index (χ3v) is 6.04. The van der Waals surface area contributed by atoms with E-state index in [0.717, 1.165) is 61.4 Å². The lowest BCUT2D eigenvalue weighted by atomic mass is 10.1. The molecule has 2 heterocycles. The van der Waals surface area contributed by atoms with E-state index in [9.17, 15) is 4.79 Å². The fourth-order valence-corrected chi connectivity index (χ4v) is 4.08. The lowest BCUT2D eigenvalue weighted by Crippen LogP contribution is -2.45. The van der Waals surface area contributed by atoms with Crippen LogP contribution in [-0.4, -0.2) is 72.0 Å². The van der Waals surface area contributed by atoms with Crippen LogP contribution in [0.25, 0.3) is 10.9 Å². The van der Waals surface area contributed by atoms with Crippen molar-refractivity contribution in [2.75, 3.05) is 51.6 Å². The van der Waals surface area contributed by atoms with Crippen molar-refractivity contribution in [3.05, 3.63) is 64.4 Å². The minimum Gasteiger partial charge on any atom is -0.365 e. The third-order valence-electron chi connectivity index (χ3n) is 5.85. The van der Waals surface area contributed by atoms with Crippen LogP contribution in [0.1, 0.15) is 22.3 Å². The van der Waals surface area contributed by atoms with E-state index in [1.807, 2.05) is 48.5 Å². The van der Waals surface area contributed by atoms with Crippen molar-refractivity contribution >= 4 is 34.8 Å². The number of benzene rings is 2. The molecule has 1 aliphatic rings. The van der Waals surface area contributed by atoms with Crippen LogP contribution >= 0.6 is 12.2 Å². The monoisotopic (exact) mass is 450 g/mol. The number of piperazine rings is 1. The Labute approximate surface area is 193 Å². The summed E-state index contributed by atoms with van der Waals surface area (Å²) in [5.74, 6) is 0.733. The number of likely N-dealkylation sites (N-methyl/N-ethyl adjacent to an activating group) is 1. The molecular formula is C24H30N6OS. The van der Waals surface area contributed by atoms with Crippen LogP contribution < -0.4 is 10.6 Å². The molecule has 3 aromatic rings. The number of rotatable bonds is 8. The summed E-state index contributed by atoms with van der Waals surface area (Å²) < 4.78 is 0.450. The first-order valence-corrected chi connectivity index (χ1v) is 11.5. The standard InChI is InChI=1S/C24H30N6OS/c1-29-13-15-30(16-14-29)12-4-11-25-23(31)19-9-7-18(8-10-19)17-26-22-20-5-2-3-6-21(20)27-24(32)28-22/h2-3,5-10H,4,11-17H2,1H3,(H,25,31)(H2,26,27,28,32). The molecule has 0 saturated carbocycles. The zero-order chi connectivity index (χ0) is 22.3. The number of fused-ring (bicyclic) bond motifs is 1. The minimum atomic E-state index is -0.0232. The summed E-state index contributed by atoms with van der Waals surface area (Å²) in [7, 11) is 2.16. The number of carbonyl (C=O) groups excluding carboxylic acids is 1. The maximum atomic E-state index is 12.4. The number of hydrogen-bond donors (Lipinski definition) is 3. The van der Waals surface area contributed by atoms with Crippen LogP contribution in [0.5, 0.6) is 0 Å². The highest BCUT2D eigenvalue weighted by Crippen LogP contribution is 2.19. The quantitative estimate of drug-likeness (QED) is 0.361. The highest BCUT2D eigenvalue weighted by molar-refractivity contribution is 7.71. The molecule has 0 bridgehead atoms. The fraction of sp³-hybridized carbons (Fsp3) is 0.375. The summed E-state index contributed by atoms with van der Waals surface area (Å²) in [5, 5.41) is 7.39. The van der Waals surface area contributed by atoms with Gasteiger partial charge in [0.1, 0.15) is 5.82 Å². The SMILES string of the molecule is CN1CCN(CCCNC(=O)c2ccc(CNc3nc(=S)[nH]c4ccccc34)cc2)CC1. The molecule has 0 spiro atoms. The van der Waals surface area contributed by atoms with E-state index in [1.54, 1.807) is 0 Å². The summed E-state index contributed by atoms with van der Waals surface area (Å²) in [6, 6.07) is 15.6. The molecule has 1 fully saturated rings. The number of para-hydroxylation sites is 1. The molecule has 0 radical (unpaired) electrons. The highest BCUT2D eigenvalue weighted by atomic mass is 32.1. The van der Waals surface area contributed by atoms with Crippen LogP contribution in [0.3, 0.4) is 0 Å². The Kier molecular flexibility index (Phi) is 7.47. The van der Waals surface area contributed by atoms with Gasteiger partial charge in [-0.25, -0.2) is 4.98 Å². The number of carbonyl (C=O) groups is 1. The zero-order valence-corrected chi connectivity index (χ0v) is 19.3. The molecule has 7 nitrogen and oxygen atoms in total. The van der Waals surface area contributed by atoms with Gasteiger partial charge in [0.25, 0.3) is 5.91 Å². The van der Waals surface area contributed by atoms with E-state index in [-0.39, 0.29) is 5.91 Å². The van der Waals surface area contributed by atoms with E-state index >= 15 is 0 Å². The molecule has 168 valence electrons. The Balaban J connectivity index is 1.25. The molecule has 2 aromatic carbocycles. The molecule has 32 heavy (non-hydrogen) atoms. The van der Waals surface area contributed by atoms with E-state index in [4.69, 9.17) is 12.2 Å². The molecule has 8 heteroatoms. The first-order valence-electron chi connectivity index (χ1n) is 11.1. The van der Waals surface area contributed by atoms with E-state index < -0.39 is 0 Å². The normalized spacial score (nSPS) is 15.0. The number of anilines is 1. The number of hydrogen-bond acceptors (Lipinski definition) is 6. The van der Waals surface area contributed by atoms with Gasteiger partial charge in [-0.05, 0) is 62.1 Å². The van der Waals surface area contributed by atoms with Gasteiger partial charge >= 0.3 is 0 Å². The van der Waals surface area contributed by atoms with Gasteiger partial charge in [0.15, 0.2) is 4.77 Å². The molecule has 1 aliphatic heterocycles. The number of amides is 1. The molecule has 3 N–H and O–H groups in total. The maximum Gasteiger partial charge on any atom is 0.251 e. The van der Waals surface area contributed by atoms with Gasteiger partial charge in [0.05, 0.1) is 5.52 Å². The Bertz CT molecular complexity index is 1110. The van der Waals surface area contributed by atoms with Gasteiger partial charge in [-0.2, -0.15) is 0 Å². The Morgan fingerprint density at radius 1 is 1.09 bits per heavy atom. The number of nitrogens with one attached hydrogen (secondary N) is 3. The summed E-state index contributed by atoms with van der Waals surface area (Å²) >= 11 is 5.23. The van der Waals surface area contributed by atoms with Gasteiger partial charge in [0.2, 0.25) is 0 Å². The van der Waals surface area contributed by atoms with Crippen molar-refractivity contribution in [3.8, 4) is 0 Å². The van der Waals surface area contributed by atoms with Gasteiger partial charge in [-0.1, -0.05) is 24.3 Å². The van der Waals surface area contributed by atoms with Gasteiger partial charge in [-0.3, -0.25) is 4.79 Å². The first-order chi connectivity index (χ1) is 15.6. The van der Waals surface area contributed by atoms with Crippen LogP contribution in [0.2, 0.25) is 0 Å². The molecular weight excluding hydrogens is 420 g/mol. The maximum absolute atomic E-state index is 12.4. The smallest absolute Gasteiger partial charge is 0.251 e. The topological polar surface area (TPSA) is 76.3 Å². The average Bonchev–Trinajstić information content (AvgIpc) is 2.81. The third kappa shape index (κ3) is 5.91. The predicted octanol–water partition coefficient (Wildman–Crippen LogP) is 3.27.